The van der Waals surface area contributed by atoms with Crippen LogP contribution >= 0.6 is 0 Å². The van der Waals surface area contributed by atoms with Crippen LogP contribution in [0.1, 0.15) is 67.9 Å². The number of ether oxygens (including phenoxy) is 1. The molecule has 4 rings (SSSR count). The van der Waals surface area contributed by atoms with E-state index in [0.717, 1.165) is 43.7 Å². The largest absolute Gasteiger partial charge is 0.368 e. The Labute approximate surface area is 157 Å². The summed E-state index contributed by atoms with van der Waals surface area (Å²) in [7, 11) is 0. The topological polar surface area (TPSA) is 107 Å². The summed E-state index contributed by atoms with van der Waals surface area (Å²) in [5, 5.41) is 14.2. The van der Waals surface area contributed by atoms with Crippen molar-refractivity contribution in [2.75, 3.05) is 18.5 Å². The van der Waals surface area contributed by atoms with E-state index in [-0.39, 0.29) is 12.1 Å². The predicted molar refractivity (Wildman–Crippen MR) is 97.4 cm³/mol. The minimum absolute atomic E-state index is 0.0821. The molecule has 1 saturated heterocycles. The lowest BCUT2D eigenvalue weighted by Gasteiger charge is -2.15. The SMILES string of the molecule is Cc1cnn(C2CCCC2)c1NC(=O)NCCc1noc(C2CCCO2)n1. The molecular weight excluding hydrogens is 348 g/mol. The number of carbonyl (C=O) groups is 1. The van der Waals surface area contributed by atoms with Crippen LogP contribution in [0, 0.1) is 6.92 Å². The maximum absolute atomic E-state index is 12.3. The standard InChI is InChI=1S/C18H26N6O3/c1-12-11-20-24(13-5-2-3-6-13)16(12)22-18(25)19-9-8-15-21-17(27-23-15)14-7-4-10-26-14/h11,13-14H,2-10H2,1H3,(H2,19,22,25). The Bertz CT molecular complexity index is 774. The number of hydrogen-bond acceptors (Lipinski definition) is 6. The van der Waals surface area contributed by atoms with Crippen molar-refractivity contribution in [3.63, 3.8) is 0 Å². The molecule has 1 aliphatic carbocycles. The zero-order valence-corrected chi connectivity index (χ0v) is 15.6. The Balaban J connectivity index is 1.27. The Kier molecular flexibility index (Phi) is 5.38. The Morgan fingerprint density at radius 3 is 2.93 bits per heavy atom. The van der Waals surface area contributed by atoms with Gasteiger partial charge in [0, 0.05) is 25.1 Å². The molecule has 1 unspecified atom stereocenters. The van der Waals surface area contributed by atoms with Crippen molar-refractivity contribution in [1.82, 2.24) is 25.2 Å². The van der Waals surface area contributed by atoms with Gasteiger partial charge in [0.25, 0.3) is 5.89 Å². The van der Waals surface area contributed by atoms with E-state index in [4.69, 9.17) is 9.26 Å². The van der Waals surface area contributed by atoms with E-state index >= 15 is 0 Å². The first-order valence-electron chi connectivity index (χ1n) is 9.74. The van der Waals surface area contributed by atoms with Crippen LogP contribution in [-0.4, -0.2) is 39.1 Å². The zero-order chi connectivity index (χ0) is 18.6. The van der Waals surface area contributed by atoms with E-state index < -0.39 is 0 Å². The smallest absolute Gasteiger partial charge is 0.320 e. The summed E-state index contributed by atoms with van der Waals surface area (Å²) in [4.78, 5) is 16.6. The number of amides is 2. The second-order valence-electron chi connectivity index (χ2n) is 7.24. The Morgan fingerprint density at radius 1 is 1.30 bits per heavy atom. The van der Waals surface area contributed by atoms with Crippen LogP contribution in [0.3, 0.4) is 0 Å². The molecule has 146 valence electrons. The summed E-state index contributed by atoms with van der Waals surface area (Å²) in [6, 6.07) is 0.130. The molecule has 0 spiro atoms. The van der Waals surface area contributed by atoms with Gasteiger partial charge in [-0.05, 0) is 32.6 Å². The highest BCUT2D eigenvalue weighted by Gasteiger charge is 2.24. The van der Waals surface area contributed by atoms with Crippen molar-refractivity contribution in [3.8, 4) is 0 Å². The van der Waals surface area contributed by atoms with Crippen molar-refractivity contribution in [3.05, 3.63) is 23.5 Å². The number of aromatic nitrogens is 4. The van der Waals surface area contributed by atoms with E-state index in [2.05, 4.69) is 25.9 Å². The molecule has 2 aromatic heterocycles. The molecule has 2 aliphatic rings. The van der Waals surface area contributed by atoms with Crippen LogP contribution in [-0.2, 0) is 11.2 Å². The molecule has 1 atom stereocenters. The predicted octanol–water partition coefficient (Wildman–Crippen LogP) is 2.91. The van der Waals surface area contributed by atoms with Crippen molar-refractivity contribution >= 4 is 11.8 Å². The van der Waals surface area contributed by atoms with Crippen LogP contribution in [0.4, 0.5) is 10.6 Å². The fraction of sp³-hybridized carbons (Fsp3) is 0.667. The number of aryl methyl sites for hydroxylation is 1. The van der Waals surface area contributed by atoms with Crippen LogP contribution < -0.4 is 10.6 Å². The quantitative estimate of drug-likeness (QED) is 0.805. The van der Waals surface area contributed by atoms with Crippen molar-refractivity contribution in [1.29, 1.82) is 0 Å². The second-order valence-corrected chi connectivity index (χ2v) is 7.24. The third-order valence-corrected chi connectivity index (χ3v) is 5.20. The van der Waals surface area contributed by atoms with Gasteiger partial charge in [0.1, 0.15) is 11.9 Å². The number of hydrogen-bond donors (Lipinski definition) is 2. The first-order chi connectivity index (χ1) is 13.2. The molecule has 2 fully saturated rings. The normalized spacial score (nSPS) is 20.3. The lowest BCUT2D eigenvalue weighted by atomic mass is 10.2. The van der Waals surface area contributed by atoms with Gasteiger partial charge in [-0.1, -0.05) is 18.0 Å². The van der Waals surface area contributed by atoms with Gasteiger partial charge in [-0.15, -0.1) is 0 Å². The van der Waals surface area contributed by atoms with Crippen molar-refractivity contribution < 1.29 is 14.1 Å². The lowest BCUT2D eigenvalue weighted by Crippen LogP contribution is -2.32. The highest BCUT2D eigenvalue weighted by molar-refractivity contribution is 5.89. The summed E-state index contributed by atoms with van der Waals surface area (Å²) in [6.07, 6.45) is 8.81. The van der Waals surface area contributed by atoms with Crippen LogP contribution in [0.5, 0.6) is 0 Å². The average Bonchev–Trinajstić information content (AvgIpc) is 3.44. The number of rotatable bonds is 6. The molecule has 0 bridgehead atoms. The van der Waals surface area contributed by atoms with Crippen LogP contribution in [0.15, 0.2) is 10.7 Å². The minimum atomic E-state index is -0.249. The van der Waals surface area contributed by atoms with E-state index in [9.17, 15) is 4.79 Å². The van der Waals surface area contributed by atoms with E-state index in [1.165, 1.54) is 12.8 Å². The van der Waals surface area contributed by atoms with E-state index in [1.54, 1.807) is 6.20 Å². The number of nitrogens with one attached hydrogen (secondary N) is 2. The van der Waals surface area contributed by atoms with Gasteiger partial charge in [0.05, 0.1) is 12.2 Å². The van der Waals surface area contributed by atoms with Crippen molar-refractivity contribution in [2.24, 2.45) is 0 Å². The first kappa shape index (κ1) is 18.0. The summed E-state index contributed by atoms with van der Waals surface area (Å²) in [6.45, 7) is 3.12. The Hall–Kier alpha value is -2.42. The maximum Gasteiger partial charge on any atom is 0.320 e. The van der Waals surface area contributed by atoms with E-state index in [1.807, 2.05) is 11.6 Å². The monoisotopic (exact) mass is 374 g/mol. The summed E-state index contributed by atoms with van der Waals surface area (Å²) in [5.74, 6) is 1.88. The van der Waals surface area contributed by atoms with Gasteiger partial charge < -0.3 is 14.6 Å². The summed E-state index contributed by atoms with van der Waals surface area (Å²) in [5.41, 5.74) is 0.969. The lowest BCUT2D eigenvalue weighted by molar-refractivity contribution is 0.0835. The Morgan fingerprint density at radius 2 is 2.15 bits per heavy atom. The molecule has 2 N–H and O–H groups in total. The highest BCUT2D eigenvalue weighted by Crippen LogP contribution is 2.32. The number of carbonyl (C=O) groups excluding carboxylic acids is 1. The van der Waals surface area contributed by atoms with Gasteiger partial charge in [0.15, 0.2) is 5.82 Å². The fourth-order valence-electron chi connectivity index (χ4n) is 3.74. The molecule has 3 heterocycles. The molecule has 2 aromatic rings. The van der Waals surface area contributed by atoms with Crippen LogP contribution in [0.2, 0.25) is 0 Å². The third-order valence-electron chi connectivity index (χ3n) is 5.20. The third kappa shape index (κ3) is 4.13. The molecule has 27 heavy (non-hydrogen) atoms. The molecule has 9 nitrogen and oxygen atoms in total. The fourth-order valence-corrected chi connectivity index (χ4v) is 3.74. The van der Waals surface area contributed by atoms with Crippen molar-refractivity contribution in [2.45, 2.75) is 64.0 Å². The number of urea groups is 1. The van der Waals surface area contributed by atoms with Gasteiger partial charge in [-0.3, -0.25) is 5.32 Å². The zero-order valence-electron chi connectivity index (χ0n) is 15.6. The van der Waals surface area contributed by atoms with Gasteiger partial charge in [-0.25, -0.2) is 9.48 Å². The number of anilines is 1. The number of nitrogens with zero attached hydrogens (tertiary/aromatic N) is 4. The van der Waals surface area contributed by atoms with Crippen LogP contribution in [0.25, 0.3) is 0 Å². The molecule has 0 aromatic carbocycles. The summed E-state index contributed by atoms with van der Waals surface area (Å²) < 4.78 is 12.7. The average molecular weight is 374 g/mol. The molecule has 9 heteroatoms. The van der Waals surface area contributed by atoms with E-state index in [0.29, 0.717) is 30.7 Å². The van der Waals surface area contributed by atoms with Gasteiger partial charge >= 0.3 is 6.03 Å². The molecule has 2 amide bonds. The maximum atomic E-state index is 12.3. The van der Waals surface area contributed by atoms with Gasteiger partial charge in [-0.2, -0.15) is 10.1 Å². The molecular formula is C18H26N6O3. The molecule has 1 saturated carbocycles. The first-order valence-corrected chi connectivity index (χ1v) is 9.74. The second kappa shape index (κ2) is 8.08. The minimum Gasteiger partial charge on any atom is -0.368 e. The van der Waals surface area contributed by atoms with Gasteiger partial charge in [0.2, 0.25) is 0 Å². The highest BCUT2D eigenvalue weighted by atomic mass is 16.5. The molecule has 1 aliphatic heterocycles. The summed E-state index contributed by atoms with van der Waals surface area (Å²) >= 11 is 0. The molecule has 0 radical (unpaired) electrons.